The minimum atomic E-state index is -3.13. The zero-order chi connectivity index (χ0) is 10.3. The molecule has 0 radical (unpaired) electrons. The standard InChI is InChI=1S/C6H14N2O4S/c1-13(11,12)8-5-3-2-4-7-6(9)10/h7-8H,2-5H2,1H3,(H,9,10)/p-1. The smallest absolute Gasteiger partial charge is 0.208 e. The first-order valence-electron chi connectivity index (χ1n) is 3.81. The molecule has 7 heteroatoms. The number of carboxylic acid groups (broad SMARTS) is 1. The Morgan fingerprint density at radius 2 is 1.85 bits per heavy atom. The molecule has 0 aromatic rings. The van der Waals surface area contributed by atoms with E-state index in [0.717, 1.165) is 6.26 Å². The first-order valence-corrected chi connectivity index (χ1v) is 5.70. The fourth-order valence-electron chi connectivity index (χ4n) is 0.698. The molecule has 0 aliphatic rings. The van der Waals surface area contributed by atoms with Gasteiger partial charge in [0.05, 0.1) is 6.26 Å². The lowest BCUT2D eigenvalue weighted by molar-refractivity contribution is -0.250. The fourth-order valence-corrected chi connectivity index (χ4v) is 1.21. The van der Waals surface area contributed by atoms with E-state index in [0.29, 0.717) is 19.4 Å². The highest BCUT2D eigenvalue weighted by Crippen LogP contribution is 1.85. The van der Waals surface area contributed by atoms with E-state index < -0.39 is 16.1 Å². The Morgan fingerprint density at radius 3 is 2.31 bits per heavy atom. The molecule has 0 saturated carbocycles. The van der Waals surface area contributed by atoms with Gasteiger partial charge in [0.25, 0.3) is 0 Å². The summed E-state index contributed by atoms with van der Waals surface area (Å²) in [5.74, 6) is 0. The molecule has 0 atom stereocenters. The number of hydrogen-bond acceptors (Lipinski definition) is 4. The van der Waals surface area contributed by atoms with Gasteiger partial charge >= 0.3 is 0 Å². The monoisotopic (exact) mass is 209 g/mol. The third kappa shape index (κ3) is 11.2. The van der Waals surface area contributed by atoms with Crippen LogP contribution in [0.25, 0.3) is 0 Å². The highest BCUT2D eigenvalue weighted by Gasteiger charge is 1.97. The van der Waals surface area contributed by atoms with E-state index in [9.17, 15) is 18.3 Å². The molecular weight excluding hydrogens is 196 g/mol. The van der Waals surface area contributed by atoms with Crippen molar-refractivity contribution < 1.29 is 18.3 Å². The molecule has 0 spiro atoms. The van der Waals surface area contributed by atoms with Crippen molar-refractivity contribution in [2.24, 2.45) is 0 Å². The highest BCUT2D eigenvalue weighted by atomic mass is 32.2. The molecule has 13 heavy (non-hydrogen) atoms. The average Bonchev–Trinajstić information content (AvgIpc) is 1.93. The number of nitrogens with one attached hydrogen (secondary N) is 2. The molecule has 2 N–H and O–H groups in total. The number of amides is 1. The van der Waals surface area contributed by atoms with Crippen LogP contribution in [-0.4, -0.2) is 33.9 Å². The second-order valence-electron chi connectivity index (χ2n) is 2.59. The molecule has 6 nitrogen and oxygen atoms in total. The molecule has 0 aromatic carbocycles. The maximum Gasteiger partial charge on any atom is 0.208 e. The van der Waals surface area contributed by atoms with Gasteiger partial charge in [0, 0.05) is 13.1 Å². The van der Waals surface area contributed by atoms with Crippen LogP contribution in [0.2, 0.25) is 0 Å². The summed E-state index contributed by atoms with van der Waals surface area (Å²) >= 11 is 0. The topological polar surface area (TPSA) is 98.3 Å². The lowest BCUT2D eigenvalue weighted by Crippen LogP contribution is -2.37. The van der Waals surface area contributed by atoms with Crippen LogP contribution in [0.1, 0.15) is 12.8 Å². The fraction of sp³-hybridized carbons (Fsp3) is 0.833. The summed E-state index contributed by atoms with van der Waals surface area (Å²) in [6.07, 6.45) is 0.937. The maximum atomic E-state index is 10.5. The van der Waals surface area contributed by atoms with E-state index in [4.69, 9.17) is 0 Å². The molecular formula is C6H13N2O4S-. The normalized spacial score (nSPS) is 11.2. The highest BCUT2D eigenvalue weighted by molar-refractivity contribution is 7.88. The van der Waals surface area contributed by atoms with Crippen molar-refractivity contribution in [1.29, 1.82) is 0 Å². The number of carbonyl (C=O) groups excluding carboxylic acids is 1. The van der Waals surface area contributed by atoms with Crippen molar-refractivity contribution in [3.05, 3.63) is 0 Å². The van der Waals surface area contributed by atoms with Crippen LogP contribution < -0.4 is 15.1 Å². The average molecular weight is 209 g/mol. The van der Waals surface area contributed by atoms with Crippen LogP contribution in [0.5, 0.6) is 0 Å². The summed E-state index contributed by atoms with van der Waals surface area (Å²) in [7, 11) is -3.13. The van der Waals surface area contributed by atoms with Crippen LogP contribution in [0.3, 0.4) is 0 Å². The lowest BCUT2D eigenvalue weighted by atomic mass is 10.3. The van der Waals surface area contributed by atoms with Crippen LogP contribution in [0.4, 0.5) is 4.79 Å². The maximum absolute atomic E-state index is 10.5. The van der Waals surface area contributed by atoms with E-state index in [1.807, 2.05) is 0 Å². The molecule has 78 valence electrons. The summed E-state index contributed by atoms with van der Waals surface area (Å²) in [5, 5.41) is 11.9. The Balaban J connectivity index is 3.23. The molecule has 0 unspecified atom stereocenters. The van der Waals surface area contributed by atoms with Crippen molar-refractivity contribution in [1.82, 2.24) is 10.0 Å². The Hall–Kier alpha value is -0.820. The summed E-state index contributed by atoms with van der Waals surface area (Å²) in [6, 6.07) is 0. The Morgan fingerprint density at radius 1 is 1.31 bits per heavy atom. The van der Waals surface area contributed by atoms with Gasteiger partial charge in [-0.3, -0.25) is 0 Å². The van der Waals surface area contributed by atoms with Gasteiger partial charge < -0.3 is 15.2 Å². The van der Waals surface area contributed by atoms with Gasteiger partial charge in [-0.1, -0.05) is 0 Å². The quantitative estimate of drug-likeness (QED) is 0.507. The van der Waals surface area contributed by atoms with Gasteiger partial charge in [0.15, 0.2) is 0 Å². The van der Waals surface area contributed by atoms with Crippen molar-refractivity contribution >= 4 is 16.1 Å². The van der Waals surface area contributed by atoms with Gasteiger partial charge in [-0.2, -0.15) is 0 Å². The van der Waals surface area contributed by atoms with Gasteiger partial charge in [-0.05, 0) is 12.8 Å². The second-order valence-corrected chi connectivity index (χ2v) is 4.42. The minimum Gasteiger partial charge on any atom is -0.530 e. The lowest BCUT2D eigenvalue weighted by Gasteiger charge is -2.05. The van der Waals surface area contributed by atoms with E-state index in [-0.39, 0.29) is 6.54 Å². The van der Waals surface area contributed by atoms with Crippen molar-refractivity contribution in [2.45, 2.75) is 12.8 Å². The van der Waals surface area contributed by atoms with Gasteiger partial charge in [0.1, 0.15) is 6.09 Å². The Kier molecular flexibility index (Phi) is 5.40. The summed E-state index contributed by atoms with van der Waals surface area (Å²) < 4.78 is 23.4. The predicted molar refractivity (Wildman–Crippen MR) is 45.5 cm³/mol. The largest absolute Gasteiger partial charge is 0.530 e. The summed E-state index contributed by atoms with van der Waals surface area (Å²) in [6.45, 7) is 0.612. The summed E-state index contributed by atoms with van der Waals surface area (Å²) in [4.78, 5) is 9.86. The third-order valence-corrected chi connectivity index (χ3v) is 1.97. The molecule has 0 saturated heterocycles. The van der Waals surface area contributed by atoms with E-state index in [1.165, 1.54) is 0 Å². The number of carbonyl (C=O) groups is 1. The van der Waals surface area contributed by atoms with Gasteiger partial charge in [-0.25, -0.2) is 13.1 Å². The van der Waals surface area contributed by atoms with Crippen molar-refractivity contribution in [2.75, 3.05) is 19.3 Å². The van der Waals surface area contributed by atoms with Crippen LogP contribution in [0, 0.1) is 0 Å². The molecule has 0 bridgehead atoms. The van der Waals surface area contributed by atoms with E-state index in [1.54, 1.807) is 0 Å². The third-order valence-electron chi connectivity index (χ3n) is 1.24. The van der Waals surface area contributed by atoms with Gasteiger partial charge in [0.2, 0.25) is 10.0 Å². The Labute approximate surface area is 77.4 Å². The van der Waals surface area contributed by atoms with Crippen molar-refractivity contribution in [3.8, 4) is 0 Å². The van der Waals surface area contributed by atoms with E-state index >= 15 is 0 Å². The number of sulfonamides is 1. The molecule has 0 aromatic heterocycles. The minimum absolute atomic E-state index is 0.285. The number of rotatable bonds is 6. The van der Waals surface area contributed by atoms with E-state index in [2.05, 4.69) is 10.0 Å². The van der Waals surface area contributed by atoms with Crippen molar-refractivity contribution in [3.63, 3.8) is 0 Å². The zero-order valence-corrected chi connectivity index (χ0v) is 8.19. The van der Waals surface area contributed by atoms with Crippen LogP contribution in [-0.2, 0) is 10.0 Å². The van der Waals surface area contributed by atoms with Gasteiger partial charge in [-0.15, -0.1) is 0 Å². The Bertz CT molecular complexity index is 249. The molecule has 1 amide bonds. The molecule has 0 fully saturated rings. The first-order chi connectivity index (χ1) is 5.92. The molecule has 0 rings (SSSR count). The number of unbranched alkanes of at least 4 members (excludes halogenated alkanes) is 1. The molecule has 0 heterocycles. The number of hydrogen-bond donors (Lipinski definition) is 2. The second kappa shape index (κ2) is 5.76. The van der Waals surface area contributed by atoms with Crippen LogP contribution in [0.15, 0.2) is 0 Å². The zero-order valence-electron chi connectivity index (χ0n) is 7.37. The molecule has 0 aliphatic heterocycles. The predicted octanol–water partition coefficient (Wildman–Crippen LogP) is -1.75. The SMILES string of the molecule is CS(=O)(=O)NCCCCNC(=O)[O-]. The summed E-state index contributed by atoms with van der Waals surface area (Å²) in [5.41, 5.74) is 0. The van der Waals surface area contributed by atoms with Crippen LogP contribution >= 0.6 is 0 Å². The molecule has 0 aliphatic carbocycles. The first kappa shape index (κ1) is 12.2.